The number of nitro groups is 1. The summed E-state index contributed by atoms with van der Waals surface area (Å²) in [7, 11) is 0. The summed E-state index contributed by atoms with van der Waals surface area (Å²) >= 11 is 0. The van der Waals surface area contributed by atoms with Crippen LogP contribution in [0.2, 0.25) is 0 Å². The second-order valence-corrected chi connectivity index (χ2v) is 6.39. The molecule has 0 amide bonds. The van der Waals surface area contributed by atoms with E-state index in [9.17, 15) is 14.9 Å². The minimum absolute atomic E-state index is 0.00558. The number of carbonyl (C=O) groups excluding carboxylic acids is 1. The molecule has 0 saturated heterocycles. The molecule has 0 aromatic heterocycles. The van der Waals surface area contributed by atoms with Crippen LogP contribution in [0.3, 0.4) is 0 Å². The number of amidine groups is 1. The monoisotopic (exact) mass is 389 g/mol. The van der Waals surface area contributed by atoms with Crippen LogP contribution in [-0.2, 0) is 22.5 Å². The second kappa shape index (κ2) is 9.27. The van der Waals surface area contributed by atoms with Crippen molar-refractivity contribution in [2.75, 3.05) is 0 Å². The molecule has 29 heavy (non-hydrogen) atoms. The number of hydrogen-bond donors (Lipinski definition) is 1. The lowest BCUT2D eigenvalue weighted by Crippen LogP contribution is -2.17. The lowest BCUT2D eigenvalue weighted by molar-refractivity contribution is -0.384. The standard InChI is InChI=1S/C22H19N3O4/c23-21(14-16-8-12-20(13-9-16)25(27)28)24-29-22(26)15-17-6-10-19(11-7-17)18-4-2-1-3-5-18/h1-13H,14-15H2,(H2,23,24). The number of benzene rings is 3. The Morgan fingerprint density at radius 2 is 1.41 bits per heavy atom. The smallest absolute Gasteiger partial charge is 0.339 e. The van der Waals surface area contributed by atoms with Gasteiger partial charge in [0.05, 0.1) is 11.3 Å². The molecule has 3 rings (SSSR count). The van der Waals surface area contributed by atoms with Crippen LogP contribution < -0.4 is 5.73 Å². The van der Waals surface area contributed by atoms with Crippen LogP contribution in [0.25, 0.3) is 11.1 Å². The van der Waals surface area contributed by atoms with Gasteiger partial charge in [0.1, 0.15) is 5.84 Å². The Labute approximate surface area is 167 Å². The van der Waals surface area contributed by atoms with Crippen LogP contribution in [0.15, 0.2) is 84.0 Å². The van der Waals surface area contributed by atoms with Crippen LogP contribution in [0.5, 0.6) is 0 Å². The highest BCUT2D eigenvalue weighted by molar-refractivity contribution is 5.83. The van der Waals surface area contributed by atoms with Crippen molar-refractivity contribution in [1.29, 1.82) is 0 Å². The number of oxime groups is 1. The van der Waals surface area contributed by atoms with Gasteiger partial charge in [0.25, 0.3) is 5.69 Å². The van der Waals surface area contributed by atoms with Gasteiger partial charge in [-0.15, -0.1) is 0 Å². The summed E-state index contributed by atoms with van der Waals surface area (Å²) < 4.78 is 0. The van der Waals surface area contributed by atoms with E-state index in [1.54, 1.807) is 12.1 Å². The predicted octanol–water partition coefficient (Wildman–Crippen LogP) is 3.86. The molecule has 0 heterocycles. The largest absolute Gasteiger partial charge is 0.384 e. The number of nitrogens with zero attached hydrogens (tertiary/aromatic N) is 2. The number of hydrogen-bond acceptors (Lipinski definition) is 5. The van der Waals surface area contributed by atoms with Crippen molar-refractivity contribution in [3.63, 3.8) is 0 Å². The van der Waals surface area contributed by atoms with Gasteiger partial charge in [-0.05, 0) is 22.3 Å². The quantitative estimate of drug-likeness (QED) is 0.217. The minimum atomic E-state index is -0.524. The van der Waals surface area contributed by atoms with Gasteiger partial charge in [-0.3, -0.25) is 10.1 Å². The average molecular weight is 389 g/mol. The van der Waals surface area contributed by atoms with Gasteiger partial charge < -0.3 is 10.6 Å². The molecular formula is C22H19N3O4. The third kappa shape index (κ3) is 5.74. The lowest BCUT2D eigenvalue weighted by atomic mass is 10.0. The first kappa shape index (κ1) is 19.8. The second-order valence-electron chi connectivity index (χ2n) is 6.39. The summed E-state index contributed by atoms with van der Waals surface area (Å²) in [5.74, 6) is -0.421. The van der Waals surface area contributed by atoms with Gasteiger partial charge >= 0.3 is 5.97 Å². The SMILES string of the molecule is N/C(Cc1ccc([N+](=O)[O-])cc1)=N\OC(=O)Cc1ccc(-c2ccccc2)cc1. The highest BCUT2D eigenvalue weighted by Gasteiger charge is 2.08. The molecule has 2 N–H and O–H groups in total. The molecule has 7 heteroatoms. The van der Waals surface area contributed by atoms with E-state index in [1.165, 1.54) is 12.1 Å². The Morgan fingerprint density at radius 3 is 2.03 bits per heavy atom. The van der Waals surface area contributed by atoms with Gasteiger partial charge in [-0.25, -0.2) is 4.79 Å². The summed E-state index contributed by atoms with van der Waals surface area (Å²) in [5.41, 5.74) is 9.46. The third-order valence-electron chi connectivity index (χ3n) is 4.21. The number of nitrogens with two attached hydrogens (primary N) is 1. The van der Waals surface area contributed by atoms with Crippen LogP contribution in [-0.4, -0.2) is 16.7 Å². The van der Waals surface area contributed by atoms with E-state index in [1.807, 2.05) is 54.6 Å². The Bertz CT molecular complexity index is 1010. The molecule has 146 valence electrons. The average Bonchev–Trinajstić information content (AvgIpc) is 2.74. The molecule has 0 saturated carbocycles. The zero-order valence-corrected chi connectivity index (χ0v) is 15.5. The molecule has 0 bridgehead atoms. The van der Waals surface area contributed by atoms with Crippen LogP contribution in [0.4, 0.5) is 5.69 Å². The highest BCUT2D eigenvalue weighted by atomic mass is 16.7. The molecule has 7 nitrogen and oxygen atoms in total. The van der Waals surface area contributed by atoms with Crippen molar-refractivity contribution < 1.29 is 14.6 Å². The fourth-order valence-electron chi connectivity index (χ4n) is 2.73. The van der Waals surface area contributed by atoms with E-state index in [0.29, 0.717) is 0 Å². The van der Waals surface area contributed by atoms with E-state index < -0.39 is 10.9 Å². The van der Waals surface area contributed by atoms with Gasteiger partial charge in [0.15, 0.2) is 0 Å². The van der Waals surface area contributed by atoms with E-state index in [4.69, 9.17) is 10.6 Å². The molecule has 0 aliphatic carbocycles. The molecule has 0 aliphatic rings. The molecule has 0 spiro atoms. The topological polar surface area (TPSA) is 108 Å². The van der Waals surface area contributed by atoms with Crippen molar-refractivity contribution in [2.45, 2.75) is 12.8 Å². The fraction of sp³-hybridized carbons (Fsp3) is 0.0909. The van der Waals surface area contributed by atoms with Crippen molar-refractivity contribution in [2.24, 2.45) is 10.9 Å². The van der Waals surface area contributed by atoms with E-state index in [-0.39, 0.29) is 24.4 Å². The van der Waals surface area contributed by atoms with Gasteiger partial charge in [0.2, 0.25) is 0 Å². The first-order valence-electron chi connectivity index (χ1n) is 8.91. The van der Waals surface area contributed by atoms with Gasteiger partial charge in [-0.2, -0.15) is 0 Å². The molecule has 0 atom stereocenters. The Morgan fingerprint density at radius 1 is 0.862 bits per heavy atom. The van der Waals surface area contributed by atoms with E-state index >= 15 is 0 Å². The maximum absolute atomic E-state index is 12.0. The molecule has 0 unspecified atom stereocenters. The molecular weight excluding hydrogens is 370 g/mol. The fourth-order valence-corrected chi connectivity index (χ4v) is 2.73. The summed E-state index contributed by atoms with van der Waals surface area (Å²) in [6.07, 6.45) is 0.292. The molecule has 0 fully saturated rings. The normalized spacial score (nSPS) is 11.1. The predicted molar refractivity (Wildman–Crippen MR) is 110 cm³/mol. The van der Waals surface area contributed by atoms with E-state index in [0.717, 1.165) is 22.3 Å². The van der Waals surface area contributed by atoms with Crippen molar-refractivity contribution >= 4 is 17.5 Å². The number of carbonyl (C=O) groups is 1. The number of rotatable bonds is 7. The first-order valence-corrected chi connectivity index (χ1v) is 8.91. The highest BCUT2D eigenvalue weighted by Crippen LogP contribution is 2.19. The van der Waals surface area contributed by atoms with Gasteiger partial charge in [-0.1, -0.05) is 71.9 Å². The summed E-state index contributed by atoms with van der Waals surface area (Å²) in [5, 5.41) is 14.3. The molecule has 0 radical (unpaired) electrons. The summed E-state index contributed by atoms with van der Waals surface area (Å²) in [6, 6.07) is 23.5. The summed E-state index contributed by atoms with van der Waals surface area (Å²) in [4.78, 5) is 27.0. The van der Waals surface area contributed by atoms with Gasteiger partial charge in [0, 0.05) is 18.6 Å². The zero-order valence-electron chi connectivity index (χ0n) is 15.5. The van der Waals surface area contributed by atoms with Crippen molar-refractivity contribution in [3.05, 3.63) is 100 Å². The minimum Gasteiger partial charge on any atom is -0.384 e. The third-order valence-corrected chi connectivity index (χ3v) is 4.21. The Kier molecular flexibility index (Phi) is 6.32. The van der Waals surface area contributed by atoms with Crippen LogP contribution >= 0.6 is 0 Å². The van der Waals surface area contributed by atoms with Crippen LogP contribution in [0.1, 0.15) is 11.1 Å². The lowest BCUT2D eigenvalue weighted by Gasteiger charge is -2.04. The summed E-state index contributed by atoms with van der Waals surface area (Å²) in [6.45, 7) is 0. The zero-order chi connectivity index (χ0) is 20.6. The van der Waals surface area contributed by atoms with Crippen molar-refractivity contribution in [3.8, 4) is 11.1 Å². The number of non-ortho nitro benzene ring substituents is 1. The molecule has 3 aromatic rings. The van der Waals surface area contributed by atoms with Crippen LogP contribution in [0, 0.1) is 10.1 Å². The Balaban J connectivity index is 1.52. The number of nitro benzene ring substituents is 1. The molecule has 3 aromatic carbocycles. The Hall–Kier alpha value is -4.00. The van der Waals surface area contributed by atoms with Crippen molar-refractivity contribution in [1.82, 2.24) is 0 Å². The molecule has 0 aliphatic heterocycles. The van der Waals surface area contributed by atoms with E-state index in [2.05, 4.69) is 5.16 Å². The first-order chi connectivity index (χ1) is 14.0. The maximum atomic E-state index is 12.0. The maximum Gasteiger partial charge on any atom is 0.339 e.